The van der Waals surface area contributed by atoms with Crippen molar-refractivity contribution in [1.82, 2.24) is 20.4 Å². The van der Waals surface area contributed by atoms with Gasteiger partial charge in [0.15, 0.2) is 10.3 Å². The van der Waals surface area contributed by atoms with E-state index in [2.05, 4.69) is 34.3 Å². The van der Waals surface area contributed by atoms with E-state index in [-0.39, 0.29) is 21.8 Å². The Balaban J connectivity index is 1.90. The van der Waals surface area contributed by atoms with Crippen LogP contribution in [0.3, 0.4) is 0 Å². The van der Waals surface area contributed by atoms with Crippen LogP contribution in [-0.4, -0.2) is 46.7 Å². The minimum Gasteiger partial charge on any atom is -0.352 e. The Hall–Kier alpha value is -0.910. The molecule has 1 amide bonds. The Kier molecular flexibility index (Phi) is 5.79. The molecule has 1 N–H and O–H groups in total. The summed E-state index contributed by atoms with van der Waals surface area (Å²) in [6, 6.07) is 1.98. The van der Waals surface area contributed by atoms with Crippen LogP contribution in [0, 0.1) is 5.92 Å². The molecule has 0 spiro atoms. The number of rotatable bonds is 4. The zero-order chi connectivity index (χ0) is 15.4. The second kappa shape index (κ2) is 7.38. The quantitative estimate of drug-likeness (QED) is 0.921. The molecule has 0 unspecified atom stereocenters. The molecule has 1 saturated heterocycles. The summed E-state index contributed by atoms with van der Waals surface area (Å²) in [7, 11) is 0. The van der Waals surface area contributed by atoms with Crippen molar-refractivity contribution >= 4 is 29.1 Å². The number of carbonyl (C=O) groups excluding carboxylic acids is 1. The number of hydrogen-bond acceptors (Lipinski definition) is 4. The molecule has 0 bridgehead atoms. The zero-order valence-electron chi connectivity index (χ0n) is 12.3. The zero-order valence-corrected chi connectivity index (χ0v) is 13.8. The van der Waals surface area contributed by atoms with Crippen LogP contribution in [0.2, 0.25) is 10.3 Å². The molecule has 2 heterocycles. The lowest BCUT2D eigenvalue weighted by atomic mass is 9.97. The first-order chi connectivity index (χ1) is 9.97. The fourth-order valence-electron chi connectivity index (χ4n) is 2.58. The molecule has 1 aromatic heterocycles. The summed E-state index contributed by atoms with van der Waals surface area (Å²) in [5.74, 6) is 0.215. The van der Waals surface area contributed by atoms with Crippen LogP contribution < -0.4 is 5.32 Å². The van der Waals surface area contributed by atoms with Gasteiger partial charge in [-0.25, -0.2) is 0 Å². The van der Waals surface area contributed by atoms with E-state index in [0.29, 0.717) is 18.5 Å². The predicted octanol–water partition coefficient (Wildman–Crippen LogP) is 2.63. The minimum atomic E-state index is -0.251. The highest BCUT2D eigenvalue weighted by Gasteiger charge is 2.22. The molecule has 116 valence electrons. The molecule has 0 aliphatic carbocycles. The summed E-state index contributed by atoms with van der Waals surface area (Å²) >= 11 is 11.6. The summed E-state index contributed by atoms with van der Waals surface area (Å²) in [5, 5.41) is 10.4. The molecule has 1 fully saturated rings. The SMILES string of the molecule is CC(C)N1CCC[C@H](CNC(=O)c2cc(Cl)nnc2Cl)C1. The Morgan fingerprint density at radius 2 is 2.24 bits per heavy atom. The van der Waals surface area contributed by atoms with Crippen molar-refractivity contribution < 1.29 is 4.79 Å². The lowest BCUT2D eigenvalue weighted by molar-refractivity contribution is 0.0922. The Morgan fingerprint density at radius 1 is 1.48 bits per heavy atom. The molecule has 21 heavy (non-hydrogen) atoms. The van der Waals surface area contributed by atoms with Gasteiger partial charge in [0, 0.05) is 19.1 Å². The van der Waals surface area contributed by atoms with Gasteiger partial charge in [0.2, 0.25) is 0 Å². The first kappa shape index (κ1) is 16.5. The Bertz CT molecular complexity index is 510. The van der Waals surface area contributed by atoms with E-state index in [1.807, 2.05) is 0 Å². The van der Waals surface area contributed by atoms with Gasteiger partial charge in [-0.2, -0.15) is 0 Å². The van der Waals surface area contributed by atoms with Crippen molar-refractivity contribution in [3.8, 4) is 0 Å². The fourth-order valence-corrected chi connectivity index (χ4v) is 2.90. The van der Waals surface area contributed by atoms with E-state index < -0.39 is 0 Å². The van der Waals surface area contributed by atoms with Crippen LogP contribution in [0.25, 0.3) is 0 Å². The van der Waals surface area contributed by atoms with Gasteiger partial charge in [-0.1, -0.05) is 23.2 Å². The third-order valence-electron chi connectivity index (χ3n) is 3.80. The molecular weight excluding hydrogens is 311 g/mol. The maximum absolute atomic E-state index is 12.1. The van der Waals surface area contributed by atoms with Gasteiger partial charge in [0.25, 0.3) is 5.91 Å². The molecule has 7 heteroatoms. The lowest BCUT2D eigenvalue weighted by Gasteiger charge is -2.35. The molecule has 0 aromatic carbocycles. The second-order valence-electron chi connectivity index (χ2n) is 5.68. The smallest absolute Gasteiger partial charge is 0.254 e. The molecular formula is C14H20Cl2N4O. The highest BCUT2D eigenvalue weighted by Crippen LogP contribution is 2.19. The van der Waals surface area contributed by atoms with Gasteiger partial charge in [-0.3, -0.25) is 4.79 Å². The van der Waals surface area contributed by atoms with Crippen LogP contribution in [0.4, 0.5) is 0 Å². The van der Waals surface area contributed by atoms with Gasteiger partial charge in [0.05, 0.1) is 5.56 Å². The monoisotopic (exact) mass is 330 g/mol. The number of nitrogens with zero attached hydrogens (tertiary/aromatic N) is 3. The fraction of sp³-hybridized carbons (Fsp3) is 0.643. The van der Waals surface area contributed by atoms with Crippen molar-refractivity contribution in [2.45, 2.75) is 32.7 Å². The largest absolute Gasteiger partial charge is 0.352 e. The maximum atomic E-state index is 12.1. The second-order valence-corrected chi connectivity index (χ2v) is 6.42. The molecule has 0 saturated carbocycles. The van der Waals surface area contributed by atoms with Crippen molar-refractivity contribution in [1.29, 1.82) is 0 Å². The van der Waals surface area contributed by atoms with Crippen LogP contribution in [0.5, 0.6) is 0 Å². The number of likely N-dealkylation sites (tertiary alicyclic amines) is 1. The average Bonchev–Trinajstić information content (AvgIpc) is 2.47. The molecule has 1 aromatic rings. The number of hydrogen-bond donors (Lipinski definition) is 1. The number of piperidine rings is 1. The van der Waals surface area contributed by atoms with Gasteiger partial charge in [-0.15, -0.1) is 10.2 Å². The number of aromatic nitrogens is 2. The molecule has 0 radical (unpaired) electrons. The van der Waals surface area contributed by atoms with Crippen LogP contribution in [-0.2, 0) is 0 Å². The predicted molar refractivity (Wildman–Crippen MR) is 83.8 cm³/mol. The third kappa shape index (κ3) is 4.53. The average molecular weight is 331 g/mol. The summed E-state index contributed by atoms with van der Waals surface area (Å²) in [6.45, 7) is 7.19. The molecule has 1 atom stereocenters. The standard InChI is InChI=1S/C14H20Cl2N4O/c1-9(2)20-5-3-4-10(8-20)7-17-14(21)11-6-12(15)18-19-13(11)16/h6,9-10H,3-5,7-8H2,1-2H3,(H,17,21)/t10-/m1/s1. The topological polar surface area (TPSA) is 58.1 Å². The van der Waals surface area contributed by atoms with Gasteiger partial charge in [0.1, 0.15) is 0 Å². The van der Waals surface area contributed by atoms with Gasteiger partial charge < -0.3 is 10.2 Å². The van der Waals surface area contributed by atoms with Crippen LogP contribution in [0.15, 0.2) is 6.07 Å². The van der Waals surface area contributed by atoms with Gasteiger partial charge in [-0.05, 0) is 45.2 Å². The van der Waals surface area contributed by atoms with Crippen molar-refractivity contribution in [3.05, 3.63) is 21.9 Å². The number of halogens is 2. The van der Waals surface area contributed by atoms with E-state index in [1.165, 1.54) is 12.5 Å². The van der Waals surface area contributed by atoms with Gasteiger partial charge >= 0.3 is 0 Å². The molecule has 2 rings (SSSR count). The lowest BCUT2D eigenvalue weighted by Crippen LogP contribution is -2.43. The Labute approximate surface area is 135 Å². The van der Waals surface area contributed by atoms with E-state index >= 15 is 0 Å². The normalized spacial score (nSPS) is 19.8. The van der Waals surface area contributed by atoms with Crippen molar-refractivity contribution in [2.24, 2.45) is 5.92 Å². The van der Waals surface area contributed by atoms with E-state index in [0.717, 1.165) is 19.5 Å². The summed E-state index contributed by atoms with van der Waals surface area (Å²) < 4.78 is 0. The third-order valence-corrected chi connectivity index (χ3v) is 4.26. The molecule has 5 nitrogen and oxygen atoms in total. The summed E-state index contributed by atoms with van der Waals surface area (Å²) in [6.07, 6.45) is 2.30. The first-order valence-electron chi connectivity index (χ1n) is 7.18. The highest BCUT2D eigenvalue weighted by atomic mass is 35.5. The minimum absolute atomic E-state index is 0.0735. The van der Waals surface area contributed by atoms with Crippen LogP contribution >= 0.6 is 23.2 Å². The number of amides is 1. The Morgan fingerprint density at radius 3 is 2.95 bits per heavy atom. The van der Waals surface area contributed by atoms with Crippen molar-refractivity contribution in [2.75, 3.05) is 19.6 Å². The molecule has 1 aliphatic heterocycles. The van der Waals surface area contributed by atoms with Crippen LogP contribution in [0.1, 0.15) is 37.0 Å². The van der Waals surface area contributed by atoms with E-state index in [1.54, 1.807) is 0 Å². The van der Waals surface area contributed by atoms with E-state index in [9.17, 15) is 4.79 Å². The van der Waals surface area contributed by atoms with Crippen molar-refractivity contribution in [3.63, 3.8) is 0 Å². The maximum Gasteiger partial charge on any atom is 0.254 e. The highest BCUT2D eigenvalue weighted by molar-refractivity contribution is 6.34. The summed E-state index contributed by atoms with van der Waals surface area (Å²) in [5.41, 5.74) is 0.271. The number of carbonyl (C=O) groups is 1. The molecule has 1 aliphatic rings. The number of nitrogens with one attached hydrogen (secondary N) is 1. The van der Waals surface area contributed by atoms with E-state index in [4.69, 9.17) is 23.2 Å². The summed E-state index contributed by atoms with van der Waals surface area (Å²) in [4.78, 5) is 14.6. The first-order valence-corrected chi connectivity index (χ1v) is 7.94.